The van der Waals surface area contributed by atoms with Gasteiger partial charge in [0.05, 0.1) is 24.7 Å². The van der Waals surface area contributed by atoms with Gasteiger partial charge < -0.3 is 19.7 Å². The maximum absolute atomic E-state index is 12.6. The number of benzene rings is 1. The van der Waals surface area contributed by atoms with E-state index in [0.29, 0.717) is 37.3 Å². The summed E-state index contributed by atoms with van der Waals surface area (Å²) in [6, 6.07) is 4.54. The van der Waals surface area contributed by atoms with E-state index in [9.17, 15) is 22.8 Å². The molecule has 1 aliphatic heterocycles. The zero-order chi connectivity index (χ0) is 26.5. The summed E-state index contributed by atoms with van der Waals surface area (Å²) in [5.74, 6) is 0.361. The third-order valence-corrected chi connectivity index (χ3v) is 5.21. The Bertz CT molecular complexity index is 1070. The number of carbonyl (C=O) groups excluding carboxylic acids is 2. The zero-order valence-corrected chi connectivity index (χ0v) is 20.6. The van der Waals surface area contributed by atoms with Gasteiger partial charge >= 0.3 is 18.3 Å². The van der Waals surface area contributed by atoms with E-state index in [1.807, 2.05) is 33.8 Å². The molecule has 0 bridgehead atoms. The highest BCUT2D eigenvalue weighted by atomic mass is 19.4. The van der Waals surface area contributed by atoms with Crippen LogP contribution in [0.2, 0.25) is 0 Å². The number of likely N-dealkylation sites (tertiary alicyclic amines) is 1. The lowest BCUT2D eigenvalue weighted by atomic mass is 9.99. The Morgan fingerprint density at radius 2 is 1.89 bits per heavy atom. The van der Waals surface area contributed by atoms with Crippen LogP contribution in [0, 0.1) is 12.8 Å². The Labute approximate surface area is 207 Å². The third kappa shape index (κ3) is 7.99. The molecule has 1 fully saturated rings. The van der Waals surface area contributed by atoms with Gasteiger partial charge in [-0.1, -0.05) is 6.07 Å². The second-order valence-corrected chi connectivity index (χ2v) is 9.61. The van der Waals surface area contributed by atoms with Crippen molar-refractivity contribution in [2.24, 2.45) is 5.92 Å². The first-order valence-corrected chi connectivity index (χ1v) is 11.5. The summed E-state index contributed by atoms with van der Waals surface area (Å²) < 4.78 is 49.4. The molecule has 1 aromatic carbocycles. The Hall–Kier alpha value is -3.57. The van der Waals surface area contributed by atoms with Gasteiger partial charge in [0, 0.05) is 19.0 Å². The summed E-state index contributed by atoms with van der Waals surface area (Å²) in [6.45, 7) is 8.74. The monoisotopic (exact) mass is 509 g/mol. The normalized spacial score (nSPS) is 16.3. The van der Waals surface area contributed by atoms with E-state index in [1.165, 1.54) is 0 Å². The SMILES string of the molecule is Cc1ccc(OCC2CCCN(C(=O)OC(C)(C)C)C2)c(NC(=O)Nc2cnc(C(F)(F)F)cn2)c1. The molecule has 196 valence electrons. The van der Waals surface area contributed by atoms with E-state index >= 15 is 0 Å². The van der Waals surface area contributed by atoms with Crippen LogP contribution in [0.3, 0.4) is 0 Å². The minimum absolute atomic E-state index is 0.0802. The second kappa shape index (κ2) is 11.0. The van der Waals surface area contributed by atoms with E-state index in [-0.39, 0.29) is 17.8 Å². The summed E-state index contributed by atoms with van der Waals surface area (Å²) in [7, 11) is 0. The average molecular weight is 510 g/mol. The Morgan fingerprint density at radius 3 is 2.53 bits per heavy atom. The predicted molar refractivity (Wildman–Crippen MR) is 127 cm³/mol. The van der Waals surface area contributed by atoms with Gasteiger partial charge in [-0.05, 0) is 58.2 Å². The third-order valence-electron chi connectivity index (χ3n) is 5.21. The molecule has 0 radical (unpaired) electrons. The van der Waals surface area contributed by atoms with Gasteiger partial charge in [0.25, 0.3) is 0 Å². The molecule has 1 atom stereocenters. The van der Waals surface area contributed by atoms with Crippen molar-refractivity contribution in [1.82, 2.24) is 14.9 Å². The number of urea groups is 1. The van der Waals surface area contributed by atoms with Gasteiger partial charge in [-0.25, -0.2) is 19.6 Å². The molecule has 12 heteroatoms. The first-order valence-electron chi connectivity index (χ1n) is 11.5. The minimum atomic E-state index is -4.62. The van der Waals surface area contributed by atoms with Crippen LogP contribution in [0.1, 0.15) is 44.9 Å². The highest BCUT2D eigenvalue weighted by Gasteiger charge is 2.33. The Kier molecular flexibility index (Phi) is 8.26. The fourth-order valence-corrected chi connectivity index (χ4v) is 3.58. The predicted octanol–water partition coefficient (Wildman–Crippen LogP) is 5.47. The summed E-state index contributed by atoms with van der Waals surface area (Å²) in [5.41, 5.74) is -0.487. The van der Waals surface area contributed by atoms with Crippen molar-refractivity contribution in [1.29, 1.82) is 0 Å². The van der Waals surface area contributed by atoms with Crippen LogP contribution in [0.4, 0.5) is 34.3 Å². The number of aryl methyl sites for hydroxylation is 1. The number of rotatable bonds is 5. The average Bonchev–Trinajstić information content (AvgIpc) is 2.77. The van der Waals surface area contributed by atoms with Crippen molar-refractivity contribution in [2.45, 2.75) is 52.3 Å². The molecule has 1 saturated heterocycles. The molecule has 0 spiro atoms. The lowest BCUT2D eigenvalue weighted by Gasteiger charge is -2.34. The zero-order valence-electron chi connectivity index (χ0n) is 20.6. The van der Waals surface area contributed by atoms with E-state index in [1.54, 1.807) is 17.0 Å². The molecule has 3 amide bonds. The molecular formula is C24H30F3N5O4. The number of amides is 3. The minimum Gasteiger partial charge on any atom is -0.491 e. The van der Waals surface area contributed by atoms with Crippen molar-refractivity contribution >= 4 is 23.6 Å². The number of anilines is 2. The molecule has 1 aliphatic rings. The number of hydrogen-bond donors (Lipinski definition) is 2. The van der Waals surface area contributed by atoms with Crippen LogP contribution < -0.4 is 15.4 Å². The lowest BCUT2D eigenvalue weighted by molar-refractivity contribution is -0.141. The molecular weight excluding hydrogens is 479 g/mol. The molecule has 0 aliphatic carbocycles. The molecule has 36 heavy (non-hydrogen) atoms. The number of nitrogens with one attached hydrogen (secondary N) is 2. The number of alkyl halides is 3. The molecule has 0 saturated carbocycles. The first-order chi connectivity index (χ1) is 16.8. The number of piperidine rings is 1. The smallest absolute Gasteiger partial charge is 0.434 e. The summed E-state index contributed by atoms with van der Waals surface area (Å²) >= 11 is 0. The first kappa shape index (κ1) is 27.0. The summed E-state index contributed by atoms with van der Waals surface area (Å²) in [5, 5.41) is 4.99. The Morgan fingerprint density at radius 1 is 1.14 bits per heavy atom. The van der Waals surface area contributed by atoms with Gasteiger partial charge in [-0.3, -0.25) is 5.32 Å². The topological polar surface area (TPSA) is 106 Å². The number of hydrogen-bond acceptors (Lipinski definition) is 6. The molecule has 2 N–H and O–H groups in total. The molecule has 1 unspecified atom stereocenters. The number of carbonyl (C=O) groups is 2. The van der Waals surface area contributed by atoms with Crippen LogP contribution in [0.15, 0.2) is 30.6 Å². The van der Waals surface area contributed by atoms with E-state index in [4.69, 9.17) is 9.47 Å². The molecule has 2 aromatic rings. The second-order valence-electron chi connectivity index (χ2n) is 9.61. The Balaban J connectivity index is 1.59. The van der Waals surface area contributed by atoms with Gasteiger partial charge in [0.1, 0.15) is 11.4 Å². The van der Waals surface area contributed by atoms with E-state index in [2.05, 4.69) is 20.6 Å². The van der Waals surface area contributed by atoms with Crippen molar-refractivity contribution in [3.63, 3.8) is 0 Å². The molecule has 3 rings (SSSR count). The maximum Gasteiger partial charge on any atom is 0.434 e. The van der Waals surface area contributed by atoms with Crippen LogP contribution in [-0.4, -0.2) is 52.3 Å². The van der Waals surface area contributed by atoms with E-state index < -0.39 is 23.5 Å². The van der Waals surface area contributed by atoms with Crippen molar-refractivity contribution in [2.75, 3.05) is 30.3 Å². The molecule has 2 heterocycles. The van der Waals surface area contributed by atoms with Crippen molar-refractivity contribution in [3.05, 3.63) is 41.9 Å². The maximum atomic E-state index is 12.6. The number of halogens is 3. The van der Waals surface area contributed by atoms with E-state index in [0.717, 1.165) is 24.6 Å². The lowest BCUT2D eigenvalue weighted by Crippen LogP contribution is -2.44. The highest BCUT2D eigenvalue weighted by molar-refractivity contribution is 6.00. The fourth-order valence-electron chi connectivity index (χ4n) is 3.58. The standard InChI is InChI=1S/C24H30F3N5O4/c1-15-7-8-18(35-14-16-6-5-9-32(13-16)22(34)36-23(2,3)4)17(10-15)30-21(33)31-20-12-28-19(11-29-20)24(25,26)27/h7-8,10-12,16H,5-6,9,13-14H2,1-4H3,(H2,29,30,31,33). The molecule has 1 aromatic heterocycles. The number of aromatic nitrogens is 2. The fraction of sp³-hybridized carbons (Fsp3) is 0.500. The van der Waals surface area contributed by atoms with Crippen LogP contribution in [-0.2, 0) is 10.9 Å². The highest BCUT2D eigenvalue weighted by Crippen LogP contribution is 2.29. The largest absolute Gasteiger partial charge is 0.491 e. The van der Waals surface area contributed by atoms with Crippen molar-refractivity contribution in [3.8, 4) is 5.75 Å². The summed E-state index contributed by atoms with van der Waals surface area (Å²) in [4.78, 5) is 33.4. The number of ether oxygens (including phenoxy) is 2. The summed E-state index contributed by atoms with van der Waals surface area (Å²) in [6.07, 6.45) is -1.90. The van der Waals surface area contributed by atoms with Crippen LogP contribution >= 0.6 is 0 Å². The molecule has 9 nitrogen and oxygen atoms in total. The quantitative estimate of drug-likeness (QED) is 0.554. The van der Waals surface area contributed by atoms with Crippen molar-refractivity contribution < 1.29 is 32.2 Å². The van der Waals surface area contributed by atoms with Crippen LogP contribution in [0.5, 0.6) is 5.75 Å². The van der Waals surface area contributed by atoms with Gasteiger partial charge in [0.2, 0.25) is 0 Å². The van der Waals surface area contributed by atoms with Crippen LogP contribution in [0.25, 0.3) is 0 Å². The van der Waals surface area contributed by atoms with Gasteiger partial charge in [-0.2, -0.15) is 13.2 Å². The van der Waals surface area contributed by atoms with Gasteiger partial charge in [0.15, 0.2) is 11.5 Å². The van der Waals surface area contributed by atoms with Gasteiger partial charge in [-0.15, -0.1) is 0 Å². The number of nitrogens with zero attached hydrogens (tertiary/aromatic N) is 3.